The maximum absolute atomic E-state index is 12.6. The van der Waals surface area contributed by atoms with Crippen molar-refractivity contribution in [3.63, 3.8) is 0 Å². The van der Waals surface area contributed by atoms with Gasteiger partial charge in [0.05, 0.1) is 5.16 Å². The molecule has 0 aliphatic heterocycles. The maximum atomic E-state index is 12.6. The first-order valence-electron chi connectivity index (χ1n) is 6.62. The van der Waals surface area contributed by atoms with Crippen LogP contribution in [0.5, 0.6) is 0 Å². The van der Waals surface area contributed by atoms with Gasteiger partial charge in [-0.3, -0.25) is 4.79 Å². The molecule has 0 radical (unpaired) electrons. The van der Waals surface area contributed by atoms with Crippen LogP contribution in [0.3, 0.4) is 0 Å². The molecular weight excluding hydrogens is 277 g/mol. The monoisotopic (exact) mass is 297 g/mol. The molecule has 1 aliphatic carbocycles. The lowest BCUT2D eigenvalue weighted by molar-refractivity contribution is -0.120. The SMILES string of the molecule is Cc1cc(Cl)cc(C)c1NC(=O)C1(P(C)C)CCC1. The smallest absolute Gasteiger partial charge is 0.234 e. The number of hydrogen-bond acceptors (Lipinski definition) is 1. The Hall–Kier alpha value is -0.590. The molecule has 1 aromatic carbocycles. The minimum absolute atomic E-state index is 0.103. The molecule has 2 nitrogen and oxygen atoms in total. The molecule has 19 heavy (non-hydrogen) atoms. The Bertz CT molecular complexity index is 486. The van der Waals surface area contributed by atoms with Gasteiger partial charge < -0.3 is 5.32 Å². The van der Waals surface area contributed by atoms with Crippen LogP contribution in [0.2, 0.25) is 5.02 Å². The Morgan fingerprint density at radius 2 is 1.79 bits per heavy atom. The van der Waals surface area contributed by atoms with Crippen LogP contribution >= 0.6 is 19.5 Å². The van der Waals surface area contributed by atoms with Crippen molar-refractivity contribution in [2.75, 3.05) is 18.6 Å². The van der Waals surface area contributed by atoms with Crippen LogP contribution in [0.1, 0.15) is 30.4 Å². The van der Waals surface area contributed by atoms with Crippen LogP contribution in [0, 0.1) is 13.8 Å². The zero-order valence-electron chi connectivity index (χ0n) is 12.0. The third kappa shape index (κ3) is 2.66. The van der Waals surface area contributed by atoms with E-state index in [4.69, 9.17) is 11.6 Å². The molecular formula is C15H21ClNOP. The molecule has 0 bridgehead atoms. The molecule has 0 atom stereocenters. The fraction of sp³-hybridized carbons (Fsp3) is 0.533. The molecule has 1 N–H and O–H groups in total. The molecule has 0 heterocycles. The van der Waals surface area contributed by atoms with E-state index < -0.39 is 0 Å². The van der Waals surface area contributed by atoms with Gasteiger partial charge >= 0.3 is 0 Å². The molecule has 1 aliphatic rings. The van der Waals surface area contributed by atoms with Gasteiger partial charge in [-0.15, -0.1) is 0 Å². The minimum atomic E-state index is -0.258. The van der Waals surface area contributed by atoms with E-state index in [0.717, 1.165) is 34.7 Å². The summed E-state index contributed by atoms with van der Waals surface area (Å²) in [5.41, 5.74) is 2.99. The van der Waals surface area contributed by atoms with E-state index in [1.54, 1.807) is 0 Å². The highest BCUT2D eigenvalue weighted by Gasteiger charge is 2.46. The zero-order valence-corrected chi connectivity index (χ0v) is 13.7. The molecule has 1 amide bonds. The Kier molecular flexibility index (Phi) is 4.23. The molecule has 2 rings (SSSR count). The highest BCUT2D eigenvalue weighted by molar-refractivity contribution is 7.59. The highest BCUT2D eigenvalue weighted by atomic mass is 35.5. The van der Waals surface area contributed by atoms with E-state index >= 15 is 0 Å². The van der Waals surface area contributed by atoms with Crippen molar-refractivity contribution in [3.8, 4) is 0 Å². The van der Waals surface area contributed by atoms with Crippen molar-refractivity contribution < 1.29 is 4.79 Å². The Balaban J connectivity index is 2.24. The van der Waals surface area contributed by atoms with Gasteiger partial charge in [0.1, 0.15) is 0 Å². The van der Waals surface area contributed by atoms with Gasteiger partial charge in [-0.05, 0) is 63.3 Å². The van der Waals surface area contributed by atoms with Crippen LogP contribution in [0.15, 0.2) is 12.1 Å². The van der Waals surface area contributed by atoms with Crippen LogP contribution in [-0.4, -0.2) is 24.4 Å². The second-order valence-electron chi connectivity index (χ2n) is 5.65. The summed E-state index contributed by atoms with van der Waals surface area (Å²) in [5, 5.41) is 3.77. The average Bonchev–Trinajstić information content (AvgIpc) is 2.20. The van der Waals surface area contributed by atoms with Crippen molar-refractivity contribution in [2.24, 2.45) is 0 Å². The molecule has 0 saturated heterocycles. The summed E-state index contributed by atoms with van der Waals surface area (Å²) in [6.07, 6.45) is 3.24. The maximum Gasteiger partial charge on any atom is 0.234 e. The second kappa shape index (κ2) is 5.42. The molecule has 0 spiro atoms. The minimum Gasteiger partial charge on any atom is -0.325 e. The fourth-order valence-corrected chi connectivity index (χ4v) is 4.73. The van der Waals surface area contributed by atoms with Gasteiger partial charge in [0.2, 0.25) is 5.91 Å². The number of carbonyl (C=O) groups is 1. The molecule has 1 saturated carbocycles. The lowest BCUT2D eigenvalue weighted by Crippen LogP contribution is -2.46. The van der Waals surface area contributed by atoms with E-state index in [1.807, 2.05) is 26.0 Å². The number of amides is 1. The van der Waals surface area contributed by atoms with Crippen molar-refractivity contribution in [3.05, 3.63) is 28.3 Å². The largest absolute Gasteiger partial charge is 0.325 e. The molecule has 104 valence electrons. The highest BCUT2D eigenvalue weighted by Crippen LogP contribution is 2.56. The summed E-state index contributed by atoms with van der Waals surface area (Å²) in [6, 6.07) is 3.80. The lowest BCUT2D eigenvalue weighted by Gasteiger charge is -2.44. The molecule has 1 aromatic rings. The molecule has 4 heteroatoms. The summed E-state index contributed by atoms with van der Waals surface area (Å²) in [4.78, 5) is 12.6. The van der Waals surface area contributed by atoms with E-state index in [1.165, 1.54) is 6.42 Å². The summed E-state index contributed by atoms with van der Waals surface area (Å²) >= 11 is 6.03. The predicted molar refractivity (Wildman–Crippen MR) is 84.9 cm³/mol. The van der Waals surface area contributed by atoms with Crippen molar-refractivity contribution in [1.82, 2.24) is 0 Å². The summed E-state index contributed by atoms with van der Waals surface area (Å²) < 4.78 is 0. The normalized spacial score (nSPS) is 17.2. The number of rotatable bonds is 3. The van der Waals surface area contributed by atoms with Gasteiger partial charge in [-0.2, -0.15) is 0 Å². The van der Waals surface area contributed by atoms with E-state index in [9.17, 15) is 4.79 Å². The molecule has 0 aromatic heterocycles. The van der Waals surface area contributed by atoms with E-state index in [2.05, 4.69) is 18.6 Å². The number of nitrogens with one attached hydrogen (secondary N) is 1. The Labute approximate surface area is 121 Å². The third-order valence-electron chi connectivity index (χ3n) is 4.20. The van der Waals surface area contributed by atoms with Crippen LogP contribution in [0.25, 0.3) is 0 Å². The lowest BCUT2D eigenvalue weighted by atomic mass is 9.83. The first-order chi connectivity index (χ1) is 8.86. The quantitative estimate of drug-likeness (QED) is 0.814. The Morgan fingerprint density at radius 1 is 1.26 bits per heavy atom. The van der Waals surface area contributed by atoms with Gasteiger partial charge in [0.25, 0.3) is 0 Å². The molecule has 1 fully saturated rings. The predicted octanol–water partition coefficient (Wildman–Crippen LogP) is 4.56. The number of anilines is 1. The first kappa shape index (κ1) is 14.8. The van der Waals surface area contributed by atoms with Gasteiger partial charge in [0.15, 0.2) is 0 Å². The topological polar surface area (TPSA) is 29.1 Å². The molecule has 0 unspecified atom stereocenters. The standard InChI is InChI=1S/C15H21ClNOP/c1-10-8-12(16)9-11(2)13(10)17-14(18)15(19(3)4)6-5-7-15/h8-9H,5-7H2,1-4H3,(H,17,18). The second-order valence-corrected chi connectivity index (χ2v) is 8.73. The van der Waals surface area contributed by atoms with Gasteiger partial charge in [-0.1, -0.05) is 25.9 Å². The van der Waals surface area contributed by atoms with Crippen molar-refractivity contribution >= 4 is 31.1 Å². The van der Waals surface area contributed by atoms with Crippen LogP contribution in [-0.2, 0) is 4.79 Å². The summed E-state index contributed by atoms with van der Waals surface area (Å²) in [7, 11) is -0.258. The zero-order chi connectivity index (χ0) is 14.2. The Morgan fingerprint density at radius 3 is 2.16 bits per heavy atom. The van der Waals surface area contributed by atoms with Gasteiger partial charge in [-0.25, -0.2) is 0 Å². The number of carbonyl (C=O) groups excluding carboxylic acids is 1. The van der Waals surface area contributed by atoms with Crippen molar-refractivity contribution in [1.29, 1.82) is 0 Å². The number of aryl methyl sites for hydroxylation is 2. The van der Waals surface area contributed by atoms with Crippen LogP contribution in [0.4, 0.5) is 5.69 Å². The number of halogens is 1. The average molecular weight is 298 g/mol. The summed E-state index contributed by atoms with van der Waals surface area (Å²) in [5.74, 6) is 0.198. The van der Waals surface area contributed by atoms with Crippen LogP contribution < -0.4 is 5.32 Å². The van der Waals surface area contributed by atoms with E-state index in [-0.39, 0.29) is 19.0 Å². The first-order valence-corrected chi connectivity index (χ1v) is 9.24. The summed E-state index contributed by atoms with van der Waals surface area (Å²) in [6.45, 7) is 8.39. The van der Waals surface area contributed by atoms with Gasteiger partial charge in [0, 0.05) is 10.7 Å². The number of benzene rings is 1. The van der Waals surface area contributed by atoms with Crippen molar-refractivity contribution in [2.45, 2.75) is 38.3 Å². The third-order valence-corrected chi connectivity index (χ3v) is 6.78. The fourth-order valence-electron chi connectivity index (χ4n) is 2.73. The number of hydrogen-bond donors (Lipinski definition) is 1. The van der Waals surface area contributed by atoms with E-state index in [0.29, 0.717) is 0 Å².